The van der Waals surface area contributed by atoms with Crippen LogP contribution in [0.15, 0.2) is 12.1 Å². The van der Waals surface area contributed by atoms with Crippen LogP contribution in [-0.2, 0) is 11.2 Å². The van der Waals surface area contributed by atoms with E-state index in [9.17, 15) is 4.79 Å². The SMILES string of the molecule is N#CC1CC(=O)N(CCc2ccc(Cl)s2)C1. The van der Waals surface area contributed by atoms with Gasteiger partial charge in [0.05, 0.1) is 16.3 Å². The summed E-state index contributed by atoms with van der Waals surface area (Å²) in [5.41, 5.74) is 0. The second-order valence-electron chi connectivity index (χ2n) is 3.83. The number of hydrogen-bond acceptors (Lipinski definition) is 3. The standard InChI is InChI=1S/C11H11ClN2OS/c12-10-2-1-9(16-10)3-4-14-7-8(6-13)5-11(14)15/h1-2,8H,3-5,7H2. The van der Waals surface area contributed by atoms with Crippen molar-refractivity contribution in [3.8, 4) is 6.07 Å². The summed E-state index contributed by atoms with van der Waals surface area (Å²) in [6, 6.07) is 5.99. The van der Waals surface area contributed by atoms with Crippen LogP contribution in [0.4, 0.5) is 0 Å². The Labute approximate surface area is 103 Å². The van der Waals surface area contributed by atoms with Crippen LogP contribution in [0.5, 0.6) is 0 Å². The Morgan fingerprint density at radius 3 is 3.00 bits per heavy atom. The molecule has 16 heavy (non-hydrogen) atoms. The van der Waals surface area contributed by atoms with Crippen LogP contribution in [0.3, 0.4) is 0 Å². The fourth-order valence-corrected chi connectivity index (χ4v) is 2.88. The van der Waals surface area contributed by atoms with E-state index in [4.69, 9.17) is 16.9 Å². The largest absolute Gasteiger partial charge is 0.341 e. The molecule has 1 aromatic heterocycles. The average molecular weight is 255 g/mol. The minimum Gasteiger partial charge on any atom is -0.341 e. The van der Waals surface area contributed by atoms with Crippen molar-refractivity contribution < 1.29 is 4.79 Å². The molecule has 1 fully saturated rings. The van der Waals surface area contributed by atoms with Crippen LogP contribution < -0.4 is 0 Å². The van der Waals surface area contributed by atoms with Crippen molar-refractivity contribution in [2.24, 2.45) is 5.92 Å². The Hall–Kier alpha value is -1.05. The number of thiophene rings is 1. The first kappa shape index (κ1) is 11.4. The van der Waals surface area contributed by atoms with Gasteiger partial charge in [-0.15, -0.1) is 11.3 Å². The fraction of sp³-hybridized carbons (Fsp3) is 0.455. The molecule has 2 heterocycles. The molecule has 0 N–H and O–H groups in total. The van der Waals surface area contributed by atoms with E-state index in [1.165, 1.54) is 4.88 Å². The van der Waals surface area contributed by atoms with Gasteiger partial charge < -0.3 is 4.90 Å². The molecule has 0 saturated carbocycles. The Balaban J connectivity index is 1.87. The number of carbonyl (C=O) groups is 1. The summed E-state index contributed by atoms with van der Waals surface area (Å²) in [4.78, 5) is 14.5. The molecule has 1 aromatic rings. The third-order valence-corrected chi connectivity index (χ3v) is 3.94. The second kappa shape index (κ2) is 4.86. The predicted octanol–water partition coefficient (Wildman–Crippen LogP) is 2.32. The zero-order chi connectivity index (χ0) is 11.5. The van der Waals surface area contributed by atoms with E-state index >= 15 is 0 Å². The summed E-state index contributed by atoms with van der Waals surface area (Å²) >= 11 is 7.37. The molecule has 1 saturated heterocycles. The summed E-state index contributed by atoms with van der Waals surface area (Å²) in [6.07, 6.45) is 1.20. The number of carbonyl (C=O) groups excluding carboxylic acids is 1. The highest BCUT2D eigenvalue weighted by molar-refractivity contribution is 7.16. The molecule has 0 aliphatic carbocycles. The van der Waals surface area contributed by atoms with E-state index in [0.29, 0.717) is 19.5 Å². The zero-order valence-corrected chi connectivity index (χ0v) is 10.2. The molecule has 1 aliphatic heterocycles. The lowest BCUT2D eigenvalue weighted by atomic mass is 10.1. The molecule has 1 unspecified atom stereocenters. The van der Waals surface area contributed by atoms with Gasteiger partial charge in [-0.3, -0.25) is 4.79 Å². The number of nitrogens with zero attached hydrogens (tertiary/aromatic N) is 2. The van der Waals surface area contributed by atoms with Gasteiger partial charge in [0.1, 0.15) is 0 Å². The number of hydrogen-bond donors (Lipinski definition) is 0. The van der Waals surface area contributed by atoms with Crippen molar-refractivity contribution in [3.63, 3.8) is 0 Å². The molecule has 0 aromatic carbocycles. The number of halogens is 1. The molecule has 1 amide bonds. The molecule has 3 nitrogen and oxygen atoms in total. The highest BCUT2D eigenvalue weighted by Crippen LogP contribution is 2.23. The van der Waals surface area contributed by atoms with Gasteiger partial charge in [0, 0.05) is 24.4 Å². The molecular weight excluding hydrogens is 244 g/mol. The summed E-state index contributed by atoms with van der Waals surface area (Å²) in [5, 5.41) is 8.75. The first-order valence-electron chi connectivity index (χ1n) is 5.10. The molecule has 1 aliphatic rings. The third-order valence-electron chi connectivity index (χ3n) is 2.65. The first-order valence-corrected chi connectivity index (χ1v) is 6.30. The van der Waals surface area contributed by atoms with Crippen molar-refractivity contribution in [3.05, 3.63) is 21.3 Å². The van der Waals surface area contributed by atoms with E-state index in [-0.39, 0.29) is 11.8 Å². The summed E-state index contributed by atoms with van der Waals surface area (Å²) in [5.74, 6) is -0.0337. The first-order chi connectivity index (χ1) is 7.69. The van der Waals surface area contributed by atoms with Gasteiger partial charge >= 0.3 is 0 Å². The van der Waals surface area contributed by atoms with Crippen LogP contribution >= 0.6 is 22.9 Å². The Kier molecular flexibility index (Phi) is 3.47. The molecule has 2 rings (SSSR count). The Morgan fingerprint density at radius 1 is 1.62 bits per heavy atom. The van der Waals surface area contributed by atoms with Crippen molar-refractivity contribution in [1.82, 2.24) is 4.90 Å². The van der Waals surface area contributed by atoms with E-state index in [2.05, 4.69) is 6.07 Å². The van der Waals surface area contributed by atoms with E-state index in [1.807, 2.05) is 12.1 Å². The van der Waals surface area contributed by atoms with Crippen LogP contribution in [0.25, 0.3) is 0 Å². The average Bonchev–Trinajstić information content (AvgIpc) is 2.82. The third kappa shape index (κ3) is 2.55. The second-order valence-corrected chi connectivity index (χ2v) is 5.63. The highest BCUT2D eigenvalue weighted by Gasteiger charge is 2.28. The van der Waals surface area contributed by atoms with Crippen LogP contribution in [0.1, 0.15) is 11.3 Å². The normalized spacial score (nSPS) is 20.1. The highest BCUT2D eigenvalue weighted by atomic mass is 35.5. The van der Waals surface area contributed by atoms with Gasteiger partial charge in [0.25, 0.3) is 0 Å². The van der Waals surface area contributed by atoms with Gasteiger partial charge in [0.2, 0.25) is 5.91 Å². The van der Waals surface area contributed by atoms with Crippen LogP contribution in [0.2, 0.25) is 4.34 Å². The number of nitriles is 1. The minimum absolute atomic E-state index is 0.0919. The van der Waals surface area contributed by atoms with Gasteiger partial charge in [-0.2, -0.15) is 5.26 Å². The maximum Gasteiger partial charge on any atom is 0.224 e. The van der Waals surface area contributed by atoms with Crippen molar-refractivity contribution in [2.45, 2.75) is 12.8 Å². The number of amides is 1. The molecule has 0 bridgehead atoms. The molecule has 84 valence electrons. The quantitative estimate of drug-likeness (QED) is 0.831. The van der Waals surface area contributed by atoms with Crippen LogP contribution in [-0.4, -0.2) is 23.9 Å². The van der Waals surface area contributed by atoms with Crippen molar-refractivity contribution in [2.75, 3.05) is 13.1 Å². The van der Waals surface area contributed by atoms with Crippen molar-refractivity contribution >= 4 is 28.8 Å². The fourth-order valence-electron chi connectivity index (χ4n) is 1.81. The Morgan fingerprint density at radius 2 is 2.44 bits per heavy atom. The summed E-state index contributed by atoms with van der Waals surface area (Å²) in [7, 11) is 0. The molecule has 0 radical (unpaired) electrons. The van der Waals surface area contributed by atoms with E-state index in [0.717, 1.165) is 10.8 Å². The summed E-state index contributed by atoms with van der Waals surface area (Å²) < 4.78 is 0.776. The van der Waals surface area contributed by atoms with E-state index < -0.39 is 0 Å². The number of rotatable bonds is 3. The molecular formula is C11H11ClN2OS. The Bertz CT molecular complexity index is 437. The lowest BCUT2D eigenvalue weighted by Crippen LogP contribution is -2.27. The minimum atomic E-state index is -0.126. The van der Waals surface area contributed by atoms with Gasteiger partial charge in [-0.1, -0.05) is 11.6 Å². The zero-order valence-electron chi connectivity index (χ0n) is 8.65. The lowest BCUT2D eigenvalue weighted by molar-refractivity contribution is -0.127. The molecule has 5 heteroatoms. The topological polar surface area (TPSA) is 44.1 Å². The monoisotopic (exact) mass is 254 g/mol. The lowest BCUT2D eigenvalue weighted by Gasteiger charge is -2.14. The van der Waals surface area contributed by atoms with Crippen molar-refractivity contribution in [1.29, 1.82) is 5.26 Å². The summed E-state index contributed by atoms with van der Waals surface area (Å²) in [6.45, 7) is 1.27. The smallest absolute Gasteiger partial charge is 0.224 e. The molecule has 0 spiro atoms. The maximum absolute atomic E-state index is 11.5. The van der Waals surface area contributed by atoms with Gasteiger partial charge in [-0.25, -0.2) is 0 Å². The van der Waals surface area contributed by atoms with E-state index in [1.54, 1.807) is 16.2 Å². The number of likely N-dealkylation sites (tertiary alicyclic amines) is 1. The predicted molar refractivity (Wildman–Crippen MR) is 63.3 cm³/mol. The molecule has 1 atom stereocenters. The maximum atomic E-state index is 11.5. The van der Waals surface area contributed by atoms with Crippen LogP contribution in [0, 0.1) is 17.2 Å². The van der Waals surface area contributed by atoms with Gasteiger partial charge in [-0.05, 0) is 18.6 Å². The van der Waals surface area contributed by atoms with Gasteiger partial charge in [0.15, 0.2) is 0 Å².